The standard InChI is InChI=1S/C15H18N2OS/c1-3-17(10-13-7-5-4-6-8-13)15(18)9-14-16-12(2)11-19-14/h4-8,11H,3,9-10H2,1-2H3. The molecule has 0 unspecified atom stereocenters. The lowest BCUT2D eigenvalue weighted by molar-refractivity contribution is -0.130. The van der Waals surface area contributed by atoms with Crippen molar-refractivity contribution >= 4 is 17.2 Å². The summed E-state index contributed by atoms with van der Waals surface area (Å²) < 4.78 is 0. The highest BCUT2D eigenvalue weighted by Gasteiger charge is 2.14. The fourth-order valence-electron chi connectivity index (χ4n) is 1.91. The van der Waals surface area contributed by atoms with Crippen molar-refractivity contribution in [3.8, 4) is 0 Å². The van der Waals surface area contributed by atoms with Gasteiger partial charge in [0.1, 0.15) is 5.01 Å². The van der Waals surface area contributed by atoms with Crippen LogP contribution in [0.25, 0.3) is 0 Å². The van der Waals surface area contributed by atoms with Crippen LogP contribution in [0.4, 0.5) is 0 Å². The molecule has 0 fully saturated rings. The molecule has 0 saturated carbocycles. The van der Waals surface area contributed by atoms with E-state index in [1.807, 2.05) is 54.5 Å². The fraction of sp³-hybridized carbons (Fsp3) is 0.333. The Morgan fingerprint density at radius 1 is 1.32 bits per heavy atom. The third-order valence-corrected chi connectivity index (χ3v) is 3.89. The molecule has 1 heterocycles. The van der Waals surface area contributed by atoms with Gasteiger partial charge in [0.25, 0.3) is 0 Å². The molecule has 2 rings (SSSR count). The molecule has 1 aromatic carbocycles. The van der Waals surface area contributed by atoms with E-state index in [1.165, 1.54) is 0 Å². The number of aromatic nitrogens is 1. The first kappa shape index (κ1) is 13.7. The number of hydrogen-bond donors (Lipinski definition) is 0. The molecule has 0 N–H and O–H groups in total. The summed E-state index contributed by atoms with van der Waals surface area (Å²) in [5, 5.41) is 2.88. The van der Waals surface area contributed by atoms with Crippen LogP contribution in [0.5, 0.6) is 0 Å². The molecular weight excluding hydrogens is 256 g/mol. The Bertz CT molecular complexity index is 536. The Balaban J connectivity index is 1.99. The fourth-order valence-corrected chi connectivity index (χ4v) is 2.67. The van der Waals surface area contributed by atoms with E-state index in [0.29, 0.717) is 13.0 Å². The minimum Gasteiger partial charge on any atom is -0.338 e. The van der Waals surface area contributed by atoms with Crippen molar-refractivity contribution in [2.45, 2.75) is 26.8 Å². The van der Waals surface area contributed by atoms with Crippen LogP contribution in [-0.4, -0.2) is 22.3 Å². The molecule has 0 aliphatic carbocycles. The van der Waals surface area contributed by atoms with Crippen LogP contribution in [-0.2, 0) is 17.8 Å². The van der Waals surface area contributed by atoms with Crippen LogP contribution in [0.1, 0.15) is 23.2 Å². The molecule has 0 bridgehead atoms. The Kier molecular flexibility index (Phi) is 4.68. The van der Waals surface area contributed by atoms with Gasteiger partial charge in [-0.25, -0.2) is 4.98 Å². The topological polar surface area (TPSA) is 33.2 Å². The highest BCUT2D eigenvalue weighted by Crippen LogP contribution is 2.12. The summed E-state index contributed by atoms with van der Waals surface area (Å²) in [6, 6.07) is 10.1. The van der Waals surface area contributed by atoms with Crippen LogP contribution >= 0.6 is 11.3 Å². The van der Waals surface area contributed by atoms with Crippen molar-refractivity contribution < 1.29 is 4.79 Å². The van der Waals surface area contributed by atoms with Crippen molar-refractivity contribution in [1.82, 2.24) is 9.88 Å². The number of hydrogen-bond acceptors (Lipinski definition) is 3. The lowest BCUT2D eigenvalue weighted by atomic mass is 10.2. The second kappa shape index (κ2) is 6.48. The van der Waals surface area contributed by atoms with Gasteiger partial charge in [0.15, 0.2) is 0 Å². The highest BCUT2D eigenvalue weighted by molar-refractivity contribution is 7.09. The van der Waals surface area contributed by atoms with Crippen molar-refractivity contribution in [2.75, 3.05) is 6.54 Å². The smallest absolute Gasteiger partial charge is 0.229 e. The van der Waals surface area contributed by atoms with Crippen molar-refractivity contribution in [3.05, 3.63) is 52.0 Å². The molecule has 0 saturated heterocycles. The summed E-state index contributed by atoms with van der Waals surface area (Å²) in [5.41, 5.74) is 2.15. The van der Waals surface area contributed by atoms with Gasteiger partial charge < -0.3 is 4.90 Å². The lowest BCUT2D eigenvalue weighted by Crippen LogP contribution is -2.31. The molecule has 0 radical (unpaired) electrons. The summed E-state index contributed by atoms with van der Waals surface area (Å²) in [7, 11) is 0. The predicted molar refractivity (Wildman–Crippen MR) is 78.1 cm³/mol. The number of rotatable bonds is 5. The number of aryl methyl sites for hydroxylation is 1. The Hall–Kier alpha value is -1.68. The summed E-state index contributed by atoms with van der Waals surface area (Å²) in [6.07, 6.45) is 0.402. The van der Waals surface area contributed by atoms with Gasteiger partial charge in [-0.15, -0.1) is 11.3 Å². The molecule has 0 spiro atoms. The quantitative estimate of drug-likeness (QED) is 0.839. The number of nitrogens with zero attached hydrogens (tertiary/aromatic N) is 2. The Morgan fingerprint density at radius 2 is 2.05 bits per heavy atom. The molecule has 0 aliphatic rings. The summed E-state index contributed by atoms with van der Waals surface area (Å²) in [4.78, 5) is 18.5. The first-order valence-electron chi connectivity index (χ1n) is 6.41. The van der Waals surface area contributed by atoms with Gasteiger partial charge in [-0.1, -0.05) is 30.3 Å². The minimum absolute atomic E-state index is 0.140. The molecule has 0 atom stereocenters. The molecule has 3 nitrogen and oxygen atoms in total. The van der Waals surface area contributed by atoms with E-state index in [-0.39, 0.29) is 5.91 Å². The van der Waals surface area contributed by atoms with Gasteiger partial charge in [-0.3, -0.25) is 4.79 Å². The highest BCUT2D eigenvalue weighted by atomic mass is 32.1. The third-order valence-electron chi connectivity index (χ3n) is 2.92. The number of likely N-dealkylation sites (N-methyl/N-ethyl adjacent to an activating group) is 1. The molecular formula is C15H18N2OS. The number of carbonyl (C=O) groups excluding carboxylic acids is 1. The van der Waals surface area contributed by atoms with E-state index >= 15 is 0 Å². The average Bonchev–Trinajstić information content (AvgIpc) is 2.82. The molecule has 4 heteroatoms. The summed E-state index contributed by atoms with van der Waals surface area (Å²) in [6.45, 7) is 5.35. The van der Waals surface area contributed by atoms with Crippen LogP contribution in [0.2, 0.25) is 0 Å². The van der Waals surface area contributed by atoms with E-state index in [9.17, 15) is 4.79 Å². The van der Waals surface area contributed by atoms with Crippen molar-refractivity contribution in [1.29, 1.82) is 0 Å². The number of thiazole rings is 1. The number of carbonyl (C=O) groups is 1. The van der Waals surface area contributed by atoms with E-state index in [1.54, 1.807) is 11.3 Å². The van der Waals surface area contributed by atoms with E-state index in [0.717, 1.165) is 22.8 Å². The first-order valence-corrected chi connectivity index (χ1v) is 7.29. The van der Waals surface area contributed by atoms with Gasteiger partial charge in [0.2, 0.25) is 5.91 Å². The van der Waals surface area contributed by atoms with Crippen molar-refractivity contribution in [3.63, 3.8) is 0 Å². The molecule has 0 aliphatic heterocycles. The van der Waals surface area contributed by atoms with Crippen LogP contribution < -0.4 is 0 Å². The number of benzene rings is 1. The van der Waals surface area contributed by atoms with Crippen LogP contribution in [0.3, 0.4) is 0 Å². The normalized spacial score (nSPS) is 10.4. The largest absolute Gasteiger partial charge is 0.338 e. The maximum Gasteiger partial charge on any atom is 0.229 e. The average molecular weight is 274 g/mol. The number of amides is 1. The Labute approximate surface area is 117 Å². The molecule has 1 aromatic heterocycles. The second-order valence-corrected chi connectivity index (χ2v) is 5.40. The van der Waals surface area contributed by atoms with Crippen LogP contribution in [0, 0.1) is 6.92 Å². The van der Waals surface area contributed by atoms with Gasteiger partial charge >= 0.3 is 0 Å². The molecule has 100 valence electrons. The SMILES string of the molecule is CCN(Cc1ccccc1)C(=O)Cc1nc(C)cs1. The van der Waals surface area contributed by atoms with E-state index < -0.39 is 0 Å². The molecule has 19 heavy (non-hydrogen) atoms. The maximum absolute atomic E-state index is 12.2. The Morgan fingerprint density at radius 3 is 2.63 bits per heavy atom. The minimum atomic E-state index is 0.140. The van der Waals surface area contributed by atoms with Crippen LogP contribution in [0.15, 0.2) is 35.7 Å². The monoisotopic (exact) mass is 274 g/mol. The van der Waals surface area contributed by atoms with Gasteiger partial charge in [0, 0.05) is 24.2 Å². The van der Waals surface area contributed by atoms with E-state index in [4.69, 9.17) is 0 Å². The van der Waals surface area contributed by atoms with Crippen molar-refractivity contribution in [2.24, 2.45) is 0 Å². The van der Waals surface area contributed by atoms with Gasteiger partial charge in [-0.2, -0.15) is 0 Å². The second-order valence-electron chi connectivity index (χ2n) is 4.45. The predicted octanol–water partition coefficient (Wildman–Crippen LogP) is 3.04. The lowest BCUT2D eigenvalue weighted by Gasteiger charge is -2.20. The summed E-state index contributed by atoms with van der Waals surface area (Å²) >= 11 is 1.55. The zero-order valence-electron chi connectivity index (χ0n) is 11.3. The van der Waals surface area contributed by atoms with Gasteiger partial charge in [0.05, 0.1) is 6.42 Å². The molecule has 1 amide bonds. The molecule has 2 aromatic rings. The van der Waals surface area contributed by atoms with Gasteiger partial charge in [-0.05, 0) is 19.4 Å². The first-order chi connectivity index (χ1) is 9.19. The zero-order valence-corrected chi connectivity index (χ0v) is 12.1. The van der Waals surface area contributed by atoms with E-state index in [2.05, 4.69) is 4.98 Å². The zero-order chi connectivity index (χ0) is 13.7. The maximum atomic E-state index is 12.2. The third kappa shape index (κ3) is 3.89. The summed E-state index contributed by atoms with van der Waals surface area (Å²) in [5.74, 6) is 0.140.